The Labute approximate surface area is 59.1 Å². The highest BCUT2D eigenvalue weighted by Crippen LogP contribution is 2.05. The van der Waals surface area contributed by atoms with E-state index in [0.717, 1.165) is 0 Å². The van der Waals surface area contributed by atoms with E-state index in [0.29, 0.717) is 0 Å². The lowest BCUT2D eigenvalue weighted by molar-refractivity contribution is 0.745. The van der Waals surface area contributed by atoms with Crippen molar-refractivity contribution >= 4 is 12.4 Å². The SMILES string of the molecule is C1#CC2N=CC=N[C@H]2C#C1. The van der Waals surface area contributed by atoms with E-state index in [1.807, 2.05) is 0 Å². The van der Waals surface area contributed by atoms with Crippen LogP contribution in [-0.2, 0) is 0 Å². The van der Waals surface area contributed by atoms with Gasteiger partial charge in [0.25, 0.3) is 0 Å². The molecule has 0 saturated heterocycles. The molecule has 2 nitrogen and oxygen atoms in total. The Hall–Kier alpha value is -1.54. The van der Waals surface area contributed by atoms with Gasteiger partial charge < -0.3 is 0 Å². The van der Waals surface area contributed by atoms with E-state index in [9.17, 15) is 0 Å². The quantitative estimate of drug-likeness (QED) is 0.407. The first-order chi connectivity index (χ1) is 4.97. The number of aliphatic imine (C=N–C) groups is 2. The van der Waals surface area contributed by atoms with Crippen molar-refractivity contribution in [3.8, 4) is 23.7 Å². The molecule has 0 aromatic carbocycles. The summed E-state index contributed by atoms with van der Waals surface area (Å²) in [6, 6.07) is -0.0162. The van der Waals surface area contributed by atoms with Gasteiger partial charge in [-0.15, -0.1) is 0 Å². The van der Waals surface area contributed by atoms with Gasteiger partial charge in [0, 0.05) is 12.4 Å². The second-order valence-corrected chi connectivity index (χ2v) is 2.02. The Morgan fingerprint density at radius 3 is 1.90 bits per heavy atom. The summed E-state index contributed by atoms with van der Waals surface area (Å²) in [4.78, 5) is 8.20. The average molecular weight is 128 g/mol. The zero-order chi connectivity index (χ0) is 6.81. The zero-order valence-electron chi connectivity index (χ0n) is 5.20. The molecule has 1 unspecified atom stereocenters. The maximum Gasteiger partial charge on any atom is 0.145 e. The molecule has 2 rings (SSSR count). The number of rotatable bonds is 0. The molecule has 0 N–H and O–H groups in total. The minimum absolute atomic E-state index is 0.00810. The zero-order valence-corrected chi connectivity index (χ0v) is 5.20. The third kappa shape index (κ3) is 0.711. The maximum atomic E-state index is 4.10. The standard InChI is InChI=1S/C8H4N2/c1-2-4-8-7(3-1)9-5-6-10-8/h5-8H/t7-,8?/m0/s1. The summed E-state index contributed by atoms with van der Waals surface area (Å²) in [6.45, 7) is 0. The molecule has 1 aliphatic heterocycles. The van der Waals surface area contributed by atoms with Crippen LogP contribution in [0.2, 0.25) is 0 Å². The topological polar surface area (TPSA) is 24.7 Å². The van der Waals surface area contributed by atoms with Crippen molar-refractivity contribution < 1.29 is 0 Å². The third-order valence-electron chi connectivity index (χ3n) is 1.36. The molecular weight excluding hydrogens is 124 g/mol. The summed E-state index contributed by atoms with van der Waals surface area (Å²) in [5.41, 5.74) is 0. The lowest BCUT2D eigenvalue weighted by Crippen LogP contribution is -2.24. The fraction of sp³-hybridized carbons (Fsp3) is 0.250. The fourth-order valence-corrected chi connectivity index (χ4v) is 0.878. The Balaban J connectivity index is 2.35. The highest BCUT2D eigenvalue weighted by Gasteiger charge is 2.17. The fourth-order valence-electron chi connectivity index (χ4n) is 0.878. The summed E-state index contributed by atoms with van der Waals surface area (Å²) in [7, 11) is 0. The lowest BCUT2D eigenvalue weighted by atomic mass is 10.1. The van der Waals surface area contributed by atoms with Gasteiger partial charge in [0.2, 0.25) is 0 Å². The van der Waals surface area contributed by atoms with Gasteiger partial charge in [-0.05, 0) is 11.8 Å². The second-order valence-electron chi connectivity index (χ2n) is 2.02. The van der Waals surface area contributed by atoms with E-state index in [4.69, 9.17) is 0 Å². The third-order valence-corrected chi connectivity index (χ3v) is 1.36. The van der Waals surface area contributed by atoms with Crippen LogP contribution in [0.25, 0.3) is 0 Å². The number of nitrogens with zero attached hydrogens (tertiary/aromatic N) is 2. The molecule has 1 heterocycles. The van der Waals surface area contributed by atoms with Crippen LogP contribution in [0.4, 0.5) is 0 Å². The van der Waals surface area contributed by atoms with Crippen LogP contribution in [-0.4, -0.2) is 24.5 Å². The van der Waals surface area contributed by atoms with Crippen molar-refractivity contribution in [3.05, 3.63) is 0 Å². The molecular formula is C8H4N2. The normalized spacial score (nSPS) is 31.2. The molecule has 0 bridgehead atoms. The van der Waals surface area contributed by atoms with Gasteiger partial charge in [-0.25, -0.2) is 0 Å². The van der Waals surface area contributed by atoms with E-state index in [2.05, 4.69) is 33.7 Å². The molecule has 1 aliphatic carbocycles. The maximum absolute atomic E-state index is 4.10. The van der Waals surface area contributed by atoms with Gasteiger partial charge >= 0.3 is 0 Å². The van der Waals surface area contributed by atoms with E-state index in [1.165, 1.54) is 0 Å². The van der Waals surface area contributed by atoms with Crippen LogP contribution in [0.1, 0.15) is 0 Å². The average Bonchev–Trinajstić information content (AvgIpc) is 2.05. The smallest absolute Gasteiger partial charge is 0.145 e. The Morgan fingerprint density at radius 1 is 0.900 bits per heavy atom. The Bertz CT molecular complexity index is 283. The summed E-state index contributed by atoms with van der Waals surface area (Å²) in [6.07, 6.45) is 3.34. The van der Waals surface area contributed by atoms with Crippen molar-refractivity contribution in [2.24, 2.45) is 9.98 Å². The van der Waals surface area contributed by atoms with Crippen LogP contribution in [0.15, 0.2) is 9.98 Å². The van der Waals surface area contributed by atoms with Crippen molar-refractivity contribution in [1.29, 1.82) is 0 Å². The molecule has 0 radical (unpaired) electrons. The van der Waals surface area contributed by atoms with Crippen molar-refractivity contribution in [3.63, 3.8) is 0 Å². The molecule has 0 aromatic rings. The first-order valence-electron chi connectivity index (χ1n) is 3.03. The Kier molecular flexibility index (Phi) is 1.05. The first kappa shape index (κ1) is 5.26. The molecule has 0 aromatic heterocycles. The minimum Gasteiger partial charge on any atom is -0.272 e. The summed E-state index contributed by atoms with van der Waals surface area (Å²) in [5, 5.41) is 0. The highest BCUT2D eigenvalue weighted by atomic mass is 14.9. The highest BCUT2D eigenvalue weighted by molar-refractivity contribution is 6.16. The summed E-state index contributed by atoms with van der Waals surface area (Å²) >= 11 is 0. The molecule has 2 heteroatoms. The summed E-state index contributed by atoms with van der Waals surface area (Å²) < 4.78 is 0. The largest absolute Gasteiger partial charge is 0.272 e. The van der Waals surface area contributed by atoms with Gasteiger partial charge in [0.15, 0.2) is 0 Å². The van der Waals surface area contributed by atoms with E-state index in [-0.39, 0.29) is 12.1 Å². The second kappa shape index (κ2) is 2.01. The van der Waals surface area contributed by atoms with Crippen molar-refractivity contribution in [2.75, 3.05) is 0 Å². The minimum atomic E-state index is -0.00810. The number of hydrogen-bond acceptors (Lipinski definition) is 2. The lowest BCUT2D eigenvalue weighted by Gasteiger charge is -2.12. The molecule has 2 aliphatic rings. The van der Waals surface area contributed by atoms with Gasteiger partial charge in [-0.2, -0.15) is 0 Å². The van der Waals surface area contributed by atoms with E-state index < -0.39 is 0 Å². The molecule has 0 saturated carbocycles. The first-order valence-corrected chi connectivity index (χ1v) is 3.03. The van der Waals surface area contributed by atoms with Crippen molar-refractivity contribution in [2.45, 2.75) is 12.1 Å². The Morgan fingerprint density at radius 2 is 1.40 bits per heavy atom. The molecule has 46 valence electrons. The number of fused-ring (bicyclic) bond motifs is 1. The van der Waals surface area contributed by atoms with Gasteiger partial charge in [0.1, 0.15) is 12.1 Å². The molecule has 0 fully saturated rings. The van der Waals surface area contributed by atoms with Crippen LogP contribution in [0.5, 0.6) is 0 Å². The van der Waals surface area contributed by atoms with Crippen molar-refractivity contribution in [1.82, 2.24) is 0 Å². The monoisotopic (exact) mass is 128 g/mol. The van der Waals surface area contributed by atoms with Crippen LogP contribution < -0.4 is 0 Å². The van der Waals surface area contributed by atoms with Gasteiger partial charge in [-0.1, -0.05) is 11.8 Å². The van der Waals surface area contributed by atoms with E-state index in [1.54, 1.807) is 12.4 Å². The molecule has 0 spiro atoms. The van der Waals surface area contributed by atoms with Crippen LogP contribution in [0.3, 0.4) is 0 Å². The predicted molar refractivity (Wildman–Crippen MR) is 40.1 cm³/mol. The van der Waals surface area contributed by atoms with Crippen LogP contribution in [0, 0.1) is 23.7 Å². The summed E-state index contributed by atoms with van der Waals surface area (Å²) in [5.74, 6) is 11.1. The number of hydrogen-bond donors (Lipinski definition) is 0. The van der Waals surface area contributed by atoms with Gasteiger partial charge in [0.05, 0.1) is 0 Å². The van der Waals surface area contributed by atoms with Gasteiger partial charge in [-0.3, -0.25) is 9.98 Å². The predicted octanol–water partition coefficient (Wildman–Crippen LogP) is -0.101. The molecule has 10 heavy (non-hydrogen) atoms. The molecule has 0 amide bonds. The van der Waals surface area contributed by atoms with E-state index >= 15 is 0 Å². The molecule has 2 atom stereocenters. The van der Waals surface area contributed by atoms with Crippen LogP contribution >= 0.6 is 0 Å².